The SMILES string of the molecule is Cc1cc2c(cc1Br)C(C)(C)c1cc(-c3nccc4ccccc34)c(C)cc1-2. The van der Waals surface area contributed by atoms with E-state index in [-0.39, 0.29) is 5.41 Å². The van der Waals surface area contributed by atoms with Gasteiger partial charge < -0.3 is 0 Å². The highest BCUT2D eigenvalue weighted by molar-refractivity contribution is 9.10. The van der Waals surface area contributed by atoms with Crippen LogP contribution >= 0.6 is 15.9 Å². The highest BCUT2D eigenvalue weighted by Crippen LogP contribution is 2.51. The second kappa shape index (κ2) is 6.02. The van der Waals surface area contributed by atoms with Crippen molar-refractivity contribution in [3.05, 3.63) is 87.5 Å². The molecule has 1 heterocycles. The summed E-state index contributed by atoms with van der Waals surface area (Å²) in [5.41, 5.74) is 10.3. The van der Waals surface area contributed by atoms with E-state index in [1.54, 1.807) is 0 Å². The molecule has 0 atom stereocenters. The van der Waals surface area contributed by atoms with Crippen molar-refractivity contribution in [3.63, 3.8) is 0 Å². The van der Waals surface area contributed by atoms with Gasteiger partial charge in [0.15, 0.2) is 0 Å². The number of rotatable bonds is 1. The Labute approximate surface area is 174 Å². The molecule has 1 aliphatic carbocycles. The van der Waals surface area contributed by atoms with Gasteiger partial charge in [-0.3, -0.25) is 4.98 Å². The topological polar surface area (TPSA) is 12.9 Å². The van der Waals surface area contributed by atoms with E-state index in [1.165, 1.54) is 54.2 Å². The van der Waals surface area contributed by atoms with E-state index in [2.05, 4.69) is 98.2 Å². The molecule has 0 spiro atoms. The largest absolute Gasteiger partial charge is 0.256 e. The van der Waals surface area contributed by atoms with Crippen molar-refractivity contribution in [1.29, 1.82) is 0 Å². The zero-order valence-corrected chi connectivity index (χ0v) is 18.2. The van der Waals surface area contributed by atoms with E-state index >= 15 is 0 Å². The van der Waals surface area contributed by atoms with E-state index < -0.39 is 0 Å². The number of fused-ring (bicyclic) bond motifs is 4. The lowest BCUT2D eigenvalue weighted by molar-refractivity contribution is 0.660. The van der Waals surface area contributed by atoms with Crippen molar-refractivity contribution in [2.75, 3.05) is 0 Å². The van der Waals surface area contributed by atoms with Gasteiger partial charge in [0.25, 0.3) is 0 Å². The lowest BCUT2D eigenvalue weighted by Crippen LogP contribution is -2.15. The summed E-state index contributed by atoms with van der Waals surface area (Å²) in [6.07, 6.45) is 1.92. The number of hydrogen-bond acceptors (Lipinski definition) is 1. The van der Waals surface area contributed by atoms with E-state index in [1.807, 2.05) is 6.20 Å². The smallest absolute Gasteiger partial charge is 0.0783 e. The molecule has 0 radical (unpaired) electrons. The number of aromatic nitrogens is 1. The Bertz CT molecular complexity index is 1260. The first-order valence-electron chi connectivity index (χ1n) is 9.68. The van der Waals surface area contributed by atoms with Gasteiger partial charge >= 0.3 is 0 Å². The maximum absolute atomic E-state index is 4.78. The van der Waals surface area contributed by atoms with Crippen LogP contribution in [0.4, 0.5) is 0 Å². The molecule has 0 bridgehead atoms. The molecular weight excluding hydrogens is 406 g/mol. The fourth-order valence-electron chi connectivity index (χ4n) is 4.60. The average Bonchev–Trinajstić information content (AvgIpc) is 2.88. The van der Waals surface area contributed by atoms with Crippen molar-refractivity contribution in [3.8, 4) is 22.4 Å². The zero-order chi connectivity index (χ0) is 19.6. The number of nitrogens with zero attached hydrogens (tertiary/aromatic N) is 1. The summed E-state index contributed by atoms with van der Waals surface area (Å²) in [6, 6.07) is 19.9. The number of aryl methyl sites for hydroxylation is 2. The summed E-state index contributed by atoms with van der Waals surface area (Å²) in [5.74, 6) is 0. The molecular formula is C26H22BrN. The molecule has 0 saturated carbocycles. The summed E-state index contributed by atoms with van der Waals surface area (Å²) < 4.78 is 1.18. The van der Waals surface area contributed by atoms with Crippen molar-refractivity contribution < 1.29 is 0 Å². The normalized spacial score (nSPS) is 14.2. The second-order valence-corrected chi connectivity index (χ2v) is 9.22. The third kappa shape index (κ3) is 2.41. The molecule has 3 aromatic carbocycles. The Morgan fingerprint density at radius 1 is 0.786 bits per heavy atom. The Morgan fingerprint density at radius 2 is 1.46 bits per heavy atom. The monoisotopic (exact) mass is 427 g/mol. The van der Waals surface area contributed by atoms with Crippen LogP contribution in [0.15, 0.2) is 65.3 Å². The maximum Gasteiger partial charge on any atom is 0.0783 e. The van der Waals surface area contributed by atoms with Gasteiger partial charge in [0, 0.05) is 27.0 Å². The predicted octanol–water partition coefficient (Wildman–Crippen LogP) is 7.59. The van der Waals surface area contributed by atoms with Gasteiger partial charge in [-0.2, -0.15) is 0 Å². The molecule has 0 fully saturated rings. The molecule has 0 amide bonds. The highest BCUT2D eigenvalue weighted by Gasteiger charge is 2.36. The average molecular weight is 428 g/mol. The minimum Gasteiger partial charge on any atom is -0.256 e. The Hall–Kier alpha value is -2.45. The maximum atomic E-state index is 4.78. The van der Waals surface area contributed by atoms with Gasteiger partial charge in [-0.1, -0.05) is 60.1 Å². The van der Waals surface area contributed by atoms with Crippen LogP contribution in [-0.2, 0) is 5.41 Å². The molecule has 1 aliphatic rings. The third-order valence-electron chi connectivity index (χ3n) is 6.23. The first-order valence-corrected chi connectivity index (χ1v) is 10.5. The lowest BCUT2D eigenvalue weighted by atomic mass is 9.81. The molecule has 0 N–H and O–H groups in total. The zero-order valence-electron chi connectivity index (χ0n) is 16.6. The Balaban J connectivity index is 1.80. The van der Waals surface area contributed by atoms with Crippen molar-refractivity contribution in [2.24, 2.45) is 0 Å². The molecule has 2 heteroatoms. The molecule has 138 valence electrons. The van der Waals surface area contributed by atoms with Gasteiger partial charge in [-0.15, -0.1) is 0 Å². The molecule has 5 rings (SSSR count). The predicted molar refractivity (Wildman–Crippen MR) is 122 cm³/mol. The standard InChI is InChI=1S/C26H22BrN/c1-15-11-20-21-12-16(2)24(27)14-23(21)26(3,4)22(20)13-19(15)25-18-8-6-5-7-17(18)9-10-28-25/h5-14H,1-4H3. The van der Waals surface area contributed by atoms with Crippen LogP contribution in [0.3, 0.4) is 0 Å². The first-order chi connectivity index (χ1) is 13.4. The number of halogens is 1. The summed E-state index contributed by atoms with van der Waals surface area (Å²) in [6.45, 7) is 9.02. The van der Waals surface area contributed by atoms with Crippen molar-refractivity contribution in [2.45, 2.75) is 33.1 Å². The fourth-order valence-corrected chi connectivity index (χ4v) is 4.95. The van der Waals surface area contributed by atoms with E-state index in [0.29, 0.717) is 0 Å². The van der Waals surface area contributed by atoms with E-state index in [9.17, 15) is 0 Å². The van der Waals surface area contributed by atoms with Crippen LogP contribution in [0.25, 0.3) is 33.2 Å². The summed E-state index contributed by atoms with van der Waals surface area (Å²) in [7, 11) is 0. The Morgan fingerprint density at radius 3 is 2.25 bits per heavy atom. The van der Waals surface area contributed by atoms with Gasteiger partial charge in [0.2, 0.25) is 0 Å². The van der Waals surface area contributed by atoms with Gasteiger partial charge in [-0.25, -0.2) is 0 Å². The molecule has 1 nitrogen and oxygen atoms in total. The third-order valence-corrected chi connectivity index (χ3v) is 7.08. The highest BCUT2D eigenvalue weighted by atomic mass is 79.9. The Kier molecular flexibility index (Phi) is 3.79. The van der Waals surface area contributed by atoms with Crippen LogP contribution < -0.4 is 0 Å². The van der Waals surface area contributed by atoms with Gasteiger partial charge in [0.1, 0.15) is 0 Å². The van der Waals surface area contributed by atoms with Crippen LogP contribution in [0.1, 0.15) is 36.1 Å². The molecule has 0 aliphatic heterocycles. The quantitative estimate of drug-likeness (QED) is 0.304. The summed E-state index contributed by atoms with van der Waals surface area (Å²) in [5, 5.41) is 2.44. The minimum atomic E-state index is -0.0338. The van der Waals surface area contributed by atoms with E-state index in [4.69, 9.17) is 4.98 Å². The first kappa shape index (κ1) is 17.6. The molecule has 28 heavy (non-hydrogen) atoms. The lowest BCUT2D eigenvalue weighted by Gasteiger charge is -2.23. The molecule has 4 aromatic rings. The molecule has 0 saturated heterocycles. The minimum absolute atomic E-state index is 0.0338. The summed E-state index contributed by atoms with van der Waals surface area (Å²) in [4.78, 5) is 4.78. The van der Waals surface area contributed by atoms with E-state index in [0.717, 1.165) is 5.69 Å². The van der Waals surface area contributed by atoms with Crippen LogP contribution in [0.5, 0.6) is 0 Å². The number of pyridine rings is 1. The van der Waals surface area contributed by atoms with Gasteiger partial charge in [0.05, 0.1) is 5.69 Å². The van der Waals surface area contributed by atoms with Crippen LogP contribution in [0, 0.1) is 13.8 Å². The van der Waals surface area contributed by atoms with Crippen molar-refractivity contribution >= 4 is 26.7 Å². The molecule has 1 aromatic heterocycles. The summed E-state index contributed by atoms with van der Waals surface area (Å²) >= 11 is 3.73. The van der Waals surface area contributed by atoms with Gasteiger partial charge in [-0.05, 0) is 76.9 Å². The fraction of sp³-hybridized carbons (Fsp3) is 0.192. The number of benzene rings is 3. The van der Waals surface area contributed by atoms with Crippen molar-refractivity contribution in [1.82, 2.24) is 4.98 Å². The number of hydrogen-bond donors (Lipinski definition) is 0. The molecule has 0 unspecified atom stereocenters. The van der Waals surface area contributed by atoms with Crippen LogP contribution in [0.2, 0.25) is 0 Å². The van der Waals surface area contributed by atoms with Crippen LogP contribution in [-0.4, -0.2) is 4.98 Å². The second-order valence-electron chi connectivity index (χ2n) is 8.37.